The summed E-state index contributed by atoms with van der Waals surface area (Å²) in [5, 5.41) is 7.22. The van der Waals surface area contributed by atoms with Crippen molar-refractivity contribution >= 4 is 16.5 Å². The molecule has 0 N–H and O–H groups in total. The number of thiazole rings is 1. The van der Waals surface area contributed by atoms with Crippen LogP contribution in [0.1, 0.15) is 30.3 Å². The van der Waals surface area contributed by atoms with E-state index in [2.05, 4.69) is 26.1 Å². The SMILES string of the molecule is c1csc(N2CCC[C@@H]2c2nc(-c3ccc4c(c3)CCO4)no2)n1. The highest BCUT2D eigenvalue weighted by Crippen LogP contribution is 2.37. The van der Waals surface area contributed by atoms with Gasteiger partial charge in [-0.05, 0) is 36.6 Å². The molecule has 2 aliphatic rings. The molecule has 5 rings (SSSR count). The average molecular weight is 340 g/mol. The van der Waals surface area contributed by atoms with Gasteiger partial charge < -0.3 is 14.2 Å². The number of hydrogen-bond acceptors (Lipinski definition) is 7. The first kappa shape index (κ1) is 14.0. The van der Waals surface area contributed by atoms with E-state index < -0.39 is 0 Å². The first-order chi connectivity index (χ1) is 11.9. The van der Waals surface area contributed by atoms with E-state index in [1.165, 1.54) is 5.56 Å². The Morgan fingerprint density at radius 1 is 1.29 bits per heavy atom. The van der Waals surface area contributed by atoms with E-state index in [1.54, 1.807) is 11.3 Å². The molecule has 6 nitrogen and oxygen atoms in total. The maximum absolute atomic E-state index is 5.59. The summed E-state index contributed by atoms with van der Waals surface area (Å²) in [7, 11) is 0. The molecule has 2 aromatic heterocycles. The van der Waals surface area contributed by atoms with E-state index in [9.17, 15) is 0 Å². The highest BCUT2D eigenvalue weighted by molar-refractivity contribution is 7.13. The van der Waals surface area contributed by atoms with E-state index in [-0.39, 0.29) is 6.04 Å². The molecule has 0 aliphatic carbocycles. The molecule has 0 saturated carbocycles. The van der Waals surface area contributed by atoms with Crippen molar-refractivity contribution in [3.8, 4) is 17.1 Å². The number of fused-ring (bicyclic) bond motifs is 1. The van der Waals surface area contributed by atoms with Crippen LogP contribution in [0.15, 0.2) is 34.3 Å². The topological polar surface area (TPSA) is 64.3 Å². The Balaban J connectivity index is 1.45. The number of benzene rings is 1. The van der Waals surface area contributed by atoms with Crippen LogP contribution in [0.25, 0.3) is 11.4 Å². The molecule has 1 atom stereocenters. The van der Waals surface area contributed by atoms with E-state index in [0.717, 1.165) is 48.9 Å². The molecule has 0 unspecified atom stereocenters. The van der Waals surface area contributed by atoms with Crippen LogP contribution in [0, 0.1) is 0 Å². The van der Waals surface area contributed by atoms with E-state index in [4.69, 9.17) is 9.26 Å². The Bertz CT molecular complexity index is 861. The molecule has 24 heavy (non-hydrogen) atoms. The second-order valence-electron chi connectivity index (χ2n) is 6.04. The molecule has 1 saturated heterocycles. The number of rotatable bonds is 3. The lowest BCUT2D eigenvalue weighted by molar-refractivity contribution is 0.355. The molecule has 0 amide bonds. The lowest BCUT2D eigenvalue weighted by Gasteiger charge is -2.20. The Morgan fingerprint density at radius 3 is 3.21 bits per heavy atom. The van der Waals surface area contributed by atoms with Gasteiger partial charge in [0.2, 0.25) is 11.7 Å². The fraction of sp³-hybridized carbons (Fsp3) is 0.353. The second kappa shape index (κ2) is 5.59. The van der Waals surface area contributed by atoms with Gasteiger partial charge in [0, 0.05) is 30.1 Å². The third kappa shape index (κ3) is 2.27. The van der Waals surface area contributed by atoms with Crippen molar-refractivity contribution in [2.24, 2.45) is 0 Å². The summed E-state index contributed by atoms with van der Waals surface area (Å²) in [5.74, 6) is 2.29. The van der Waals surface area contributed by atoms with E-state index >= 15 is 0 Å². The van der Waals surface area contributed by atoms with Crippen LogP contribution in [-0.2, 0) is 6.42 Å². The molecule has 4 heterocycles. The van der Waals surface area contributed by atoms with Crippen LogP contribution in [0.2, 0.25) is 0 Å². The van der Waals surface area contributed by atoms with Gasteiger partial charge in [-0.3, -0.25) is 0 Å². The minimum absolute atomic E-state index is 0.121. The third-order valence-electron chi connectivity index (χ3n) is 4.59. The van der Waals surface area contributed by atoms with Crippen molar-refractivity contribution in [1.29, 1.82) is 0 Å². The Kier molecular flexibility index (Phi) is 3.26. The molecular weight excluding hydrogens is 324 g/mol. The lowest BCUT2D eigenvalue weighted by Crippen LogP contribution is -2.22. The van der Waals surface area contributed by atoms with Gasteiger partial charge in [0.05, 0.1) is 6.61 Å². The highest BCUT2D eigenvalue weighted by atomic mass is 32.1. The molecule has 3 aromatic rings. The normalized spacial score (nSPS) is 19.5. The second-order valence-corrected chi connectivity index (χ2v) is 6.92. The van der Waals surface area contributed by atoms with Crippen LogP contribution >= 0.6 is 11.3 Å². The van der Waals surface area contributed by atoms with Crippen molar-refractivity contribution in [3.05, 3.63) is 41.2 Å². The van der Waals surface area contributed by atoms with Crippen molar-refractivity contribution in [3.63, 3.8) is 0 Å². The molecule has 1 aromatic carbocycles. The van der Waals surface area contributed by atoms with Crippen molar-refractivity contribution in [1.82, 2.24) is 15.1 Å². The molecule has 0 spiro atoms. The maximum Gasteiger partial charge on any atom is 0.249 e. The predicted octanol–water partition coefficient (Wildman–Crippen LogP) is 3.47. The Morgan fingerprint density at radius 2 is 2.29 bits per heavy atom. The van der Waals surface area contributed by atoms with Gasteiger partial charge in [0.1, 0.15) is 11.8 Å². The summed E-state index contributed by atoms with van der Waals surface area (Å²) in [6.07, 6.45) is 4.90. The van der Waals surface area contributed by atoms with Crippen molar-refractivity contribution in [2.75, 3.05) is 18.1 Å². The molecule has 0 radical (unpaired) electrons. The van der Waals surface area contributed by atoms with Gasteiger partial charge in [-0.25, -0.2) is 4.98 Å². The molecule has 122 valence electrons. The summed E-state index contributed by atoms with van der Waals surface area (Å²) in [5.41, 5.74) is 2.19. The zero-order valence-corrected chi connectivity index (χ0v) is 13.8. The zero-order valence-electron chi connectivity index (χ0n) is 13.0. The Labute approximate surface area is 143 Å². The molecule has 2 aliphatic heterocycles. The van der Waals surface area contributed by atoms with Crippen LogP contribution in [0.5, 0.6) is 5.75 Å². The van der Waals surface area contributed by atoms with Gasteiger partial charge in [-0.2, -0.15) is 4.98 Å². The van der Waals surface area contributed by atoms with Gasteiger partial charge in [0.25, 0.3) is 0 Å². The standard InChI is InChI=1S/C17H16N4O2S/c1-2-13(21(7-1)17-18-6-9-24-17)16-19-15(20-23-16)12-3-4-14-11(10-12)5-8-22-14/h3-4,6,9-10,13H,1-2,5,7-8H2/t13-/m1/s1. The number of ether oxygens (including phenoxy) is 1. The maximum atomic E-state index is 5.59. The number of anilines is 1. The van der Waals surface area contributed by atoms with Crippen molar-refractivity contribution in [2.45, 2.75) is 25.3 Å². The molecule has 0 bridgehead atoms. The van der Waals surface area contributed by atoms with Crippen LogP contribution < -0.4 is 9.64 Å². The number of hydrogen-bond donors (Lipinski definition) is 0. The van der Waals surface area contributed by atoms with Crippen molar-refractivity contribution < 1.29 is 9.26 Å². The smallest absolute Gasteiger partial charge is 0.249 e. The average Bonchev–Trinajstić information content (AvgIpc) is 3.41. The fourth-order valence-corrected chi connectivity index (χ4v) is 4.14. The minimum Gasteiger partial charge on any atom is -0.493 e. The van der Waals surface area contributed by atoms with Gasteiger partial charge in [-0.1, -0.05) is 5.16 Å². The van der Waals surface area contributed by atoms with Crippen LogP contribution in [-0.4, -0.2) is 28.3 Å². The lowest BCUT2D eigenvalue weighted by atomic mass is 10.1. The van der Waals surface area contributed by atoms with E-state index in [1.807, 2.05) is 23.7 Å². The monoisotopic (exact) mass is 340 g/mol. The first-order valence-electron chi connectivity index (χ1n) is 8.14. The summed E-state index contributed by atoms with van der Waals surface area (Å²) in [6, 6.07) is 6.21. The highest BCUT2D eigenvalue weighted by Gasteiger charge is 2.32. The summed E-state index contributed by atoms with van der Waals surface area (Å²) < 4.78 is 11.1. The summed E-state index contributed by atoms with van der Waals surface area (Å²) >= 11 is 1.65. The number of nitrogens with zero attached hydrogens (tertiary/aromatic N) is 4. The summed E-state index contributed by atoms with van der Waals surface area (Å²) in [4.78, 5) is 11.3. The van der Waals surface area contributed by atoms with Crippen LogP contribution in [0.3, 0.4) is 0 Å². The molecular formula is C17H16N4O2S. The van der Waals surface area contributed by atoms with E-state index in [0.29, 0.717) is 11.7 Å². The minimum atomic E-state index is 0.121. The quantitative estimate of drug-likeness (QED) is 0.727. The first-order valence-corrected chi connectivity index (χ1v) is 9.02. The Hall–Kier alpha value is -2.41. The van der Waals surface area contributed by atoms with Gasteiger partial charge >= 0.3 is 0 Å². The summed E-state index contributed by atoms with van der Waals surface area (Å²) in [6.45, 7) is 1.73. The molecule has 7 heteroatoms. The largest absolute Gasteiger partial charge is 0.493 e. The van der Waals surface area contributed by atoms with Gasteiger partial charge in [0.15, 0.2) is 5.13 Å². The zero-order chi connectivity index (χ0) is 15.9. The third-order valence-corrected chi connectivity index (χ3v) is 5.40. The molecule has 1 fully saturated rings. The fourth-order valence-electron chi connectivity index (χ4n) is 3.42. The van der Waals surface area contributed by atoms with Gasteiger partial charge in [-0.15, -0.1) is 11.3 Å². The van der Waals surface area contributed by atoms with Crippen LogP contribution in [0.4, 0.5) is 5.13 Å². The number of aromatic nitrogens is 3. The predicted molar refractivity (Wildman–Crippen MR) is 90.4 cm³/mol.